The molecule has 0 bridgehead atoms. The molecule has 1 atom stereocenters. The number of nitrogens with zero attached hydrogens (tertiary/aromatic N) is 2. The zero-order valence-corrected chi connectivity index (χ0v) is 16.9. The molecule has 4 aromatic rings. The first-order valence-electron chi connectivity index (χ1n) is 9.35. The molecule has 0 aliphatic rings. The predicted molar refractivity (Wildman–Crippen MR) is 115 cm³/mol. The summed E-state index contributed by atoms with van der Waals surface area (Å²) in [6.07, 6.45) is -0.162. The van der Waals surface area contributed by atoms with E-state index >= 15 is 0 Å². The molecule has 0 saturated carbocycles. The maximum atomic E-state index is 13.4. The molecular weight excluding hydrogens is 405 g/mol. The van der Waals surface area contributed by atoms with Crippen LogP contribution in [-0.2, 0) is 10.4 Å². The van der Waals surface area contributed by atoms with Crippen molar-refractivity contribution >= 4 is 34.5 Å². The molecule has 0 unspecified atom stereocenters. The minimum atomic E-state index is -1.35. The van der Waals surface area contributed by atoms with Gasteiger partial charge in [-0.1, -0.05) is 41.9 Å². The van der Waals surface area contributed by atoms with Crippen molar-refractivity contribution < 1.29 is 14.3 Å². The first-order chi connectivity index (χ1) is 14.3. The predicted octanol–water partition coefficient (Wildman–Crippen LogP) is 5.05. The van der Waals surface area contributed by atoms with Crippen molar-refractivity contribution in [3.63, 3.8) is 0 Å². The van der Waals surface area contributed by atoms with Crippen molar-refractivity contribution in [3.05, 3.63) is 89.2 Å². The van der Waals surface area contributed by atoms with Gasteiger partial charge in [0.2, 0.25) is 11.9 Å². The second kappa shape index (κ2) is 7.89. The van der Waals surface area contributed by atoms with Crippen molar-refractivity contribution in [2.45, 2.75) is 18.9 Å². The number of imidazole rings is 1. The summed E-state index contributed by atoms with van der Waals surface area (Å²) in [6.45, 7) is 1.59. The maximum absolute atomic E-state index is 13.4. The van der Waals surface area contributed by atoms with Crippen LogP contribution in [0.15, 0.2) is 72.8 Å². The number of aliphatic hydroxyl groups is 1. The fourth-order valence-corrected chi connectivity index (χ4v) is 3.53. The Morgan fingerprint density at radius 3 is 2.53 bits per heavy atom. The molecule has 2 N–H and O–H groups in total. The average molecular weight is 424 g/mol. The van der Waals surface area contributed by atoms with Crippen molar-refractivity contribution in [2.75, 3.05) is 5.32 Å². The number of amides is 1. The molecule has 7 heteroatoms. The summed E-state index contributed by atoms with van der Waals surface area (Å²) in [5, 5.41) is 14.1. The van der Waals surface area contributed by atoms with Crippen LogP contribution in [0, 0.1) is 5.82 Å². The van der Waals surface area contributed by atoms with Crippen LogP contribution >= 0.6 is 11.6 Å². The molecule has 0 aliphatic carbocycles. The van der Waals surface area contributed by atoms with E-state index in [9.17, 15) is 14.3 Å². The van der Waals surface area contributed by atoms with Gasteiger partial charge < -0.3 is 5.11 Å². The highest BCUT2D eigenvalue weighted by Gasteiger charge is 2.27. The summed E-state index contributed by atoms with van der Waals surface area (Å²) in [7, 11) is 0. The highest BCUT2D eigenvalue weighted by Crippen LogP contribution is 2.29. The monoisotopic (exact) mass is 423 g/mol. The van der Waals surface area contributed by atoms with E-state index in [-0.39, 0.29) is 18.2 Å². The second-order valence-electron chi connectivity index (χ2n) is 7.25. The van der Waals surface area contributed by atoms with Gasteiger partial charge in [-0.3, -0.25) is 14.7 Å². The van der Waals surface area contributed by atoms with Gasteiger partial charge in [-0.05, 0) is 55.0 Å². The molecule has 0 radical (unpaired) electrons. The number of nitrogens with one attached hydrogen (secondary N) is 1. The minimum Gasteiger partial charge on any atom is -0.385 e. The Morgan fingerprint density at radius 2 is 1.83 bits per heavy atom. The molecular formula is C23H19ClFN3O2. The molecule has 1 amide bonds. The normalized spacial score (nSPS) is 13.2. The van der Waals surface area contributed by atoms with Crippen LogP contribution in [0.1, 0.15) is 18.9 Å². The Kier molecular flexibility index (Phi) is 5.28. The molecule has 0 spiro atoms. The van der Waals surface area contributed by atoms with Gasteiger partial charge in [0, 0.05) is 10.7 Å². The maximum Gasteiger partial charge on any atom is 0.229 e. The second-order valence-corrected chi connectivity index (χ2v) is 7.68. The highest BCUT2D eigenvalue weighted by molar-refractivity contribution is 6.31. The lowest BCUT2D eigenvalue weighted by Gasteiger charge is -2.23. The SMILES string of the molecule is C[C@@](O)(CC(=O)Nc1nc2ccc(Cl)cc2n1-c1ccc(F)cc1)c1ccccc1. The van der Waals surface area contributed by atoms with Crippen LogP contribution in [0.5, 0.6) is 0 Å². The Balaban J connectivity index is 1.69. The molecule has 152 valence electrons. The van der Waals surface area contributed by atoms with E-state index < -0.39 is 11.5 Å². The number of anilines is 1. The Labute approximate surface area is 177 Å². The summed E-state index contributed by atoms with van der Waals surface area (Å²) in [4.78, 5) is 17.3. The summed E-state index contributed by atoms with van der Waals surface area (Å²) >= 11 is 6.15. The number of rotatable bonds is 5. The minimum absolute atomic E-state index is 0.162. The van der Waals surface area contributed by atoms with Crippen LogP contribution in [0.25, 0.3) is 16.7 Å². The van der Waals surface area contributed by atoms with Gasteiger partial charge in [-0.25, -0.2) is 9.37 Å². The third-order valence-electron chi connectivity index (χ3n) is 4.85. The standard InChI is InChI=1S/C23H19ClFN3O2/c1-23(30,15-5-3-2-4-6-15)14-21(29)27-22-26-19-12-7-16(24)13-20(19)28(22)18-10-8-17(25)9-11-18/h2-13,30H,14H2,1H3,(H,26,27,29)/t23-/m1/s1. The van der Waals surface area contributed by atoms with E-state index in [2.05, 4.69) is 10.3 Å². The first-order valence-corrected chi connectivity index (χ1v) is 9.73. The number of carbonyl (C=O) groups is 1. The van der Waals surface area contributed by atoms with E-state index in [1.807, 2.05) is 6.07 Å². The van der Waals surface area contributed by atoms with Crippen LogP contribution in [0.4, 0.5) is 10.3 Å². The quantitative estimate of drug-likeness (QED) is 0.471. The molecule has 3 aromatic carbocycles. The summed E-state index contributed by atoms with van der Waals surface area (Å²) in [5.74, 6) is -0.521. The van der Waals surface area contributed by atoms with E-state index in [1.54, 1.807) is 66.1 Å². The van der Waals surface area contributed by atoms with Gasteiger partial charge in [-0.2, -0.15) is 0 Å². The molecule has 0 fully saturated rings. The van der Waals surface area contributed by atoms with E-state index in [0.717, 1.165) is 0 Å². The number of halogens is 2. The van der Waals surface area contributed by atoms with Gasteiger partial charge in [0.1, 0.15) is 5.82 Å². The van der Waals surface area contributed by atoms with Crippen LogP contribution < -0.4 is 5.32 Å². The van der Waals surface area contributed by atoms with Crippen LogP contribution in [0.2, 0.25) is 5.02 Å². The molecule has 1 aromatic heterocycles. The van der Waals surface area contributed by atoms with Crippen LogP contribution in [-0.4, -0.2) is 20.6 Å². The molecule has 30 heavy (non-hydrogen) atoms. The smallest absolute Gasteiger partial charge is 0.229 e. The summed E-state index contributed by atoms with van der Waals surface area (Å²) in [6, 6.07) is 20.0. The zero-order valence-electron chi connectivity index (χ0n) is 16.1. The molecule has 4 rings (SSSR count). The van der Waals surface area contributed by atoms with Crippen LogP contribution in [0.3, 0.4) is 0 Å². The number of carbonyl (C=O) groups excluding carboxylic acids is 1. The zero-order chi connectivity index (χ0) is 21.3. The Bertz CT molecular complexity index is 1200. The van der Waals surface area contributed by atoms with E-state index in [1.165, 1.54) is 12.1 Å². The Morgan fingerprint density at radius 1 is 1.13 bits per heavy atom. The molecule has 1 heterocycles. The number of aromatic nitrogens is 2. The fraction of sp³-hybridized carbons (Fsp3) is 0.130. The van der Waals surface area contributed by atoms with Gasteiger partial charge in [0.25, 0.3) is 0 Å². The third-order valence-corrected chi connectivity index (χ3v) is 5.09. The number of fused-ring (bicyclic) bond motifs is 1. The average Bonchev–Trinajstić information content (AvgIpc) is 3.05. The van der Waals surface area contributed by atoms with Gasteiger partial charge in [0.05, 0.1) is 23.1 Å². The molecule has 0 aliphatic heterocycles. The first kappa shape index (κ1) is 20.1. The highest BCUT2D eigenvalue weighted by atomic mass is 35.5. The number of benzene rings is 3. The van der Waals surface area contributed by atoms with Crippen molar-refractivity contribution in [1.82, 2.24) is 9.55 Å². The van der Waals surface area contributed by atoms with Crippen molar-refractivity contribution in [1.29, 1.82) is 0 Å². The van der Waals surface area contributed by atoms with E-state index in [0.29, 0.717) is 27.3 Å². The lowest BCUT2D eigenvalue weighted by molar-refractivity contribution is -0.120. The third kappa shape index (κ3) is 4.06. The van der Waals surface area contributed by atoms with Gasteiger partial charge in [-0.15, -0.1) is 0 Å². The van der Waals surface area contributed by atoms with Gasteiger partial charge >= 0.3 is 0 Å². The topological polar surface area (TPSA) is 67.2 Å². The lowest BCUT2D eigenvalue weighted by atomic mass is 9.92. The summed E-state index contributed by atoms with van der Waals surface area (Å²) in [5.41, 5.74) is 1.19. The number of hydrogen-bond acceptors (Lipinski definition) is 3. The Hall–Kier alpha value is -3.22. The van der Waals surface area contributed by atoms with Gasteiger partial charge in [0.15, 0.2) is 0 Å². The fourth-order valence-electron chi connectivity index (χ4n) is 3.36. The largest absolute Gasteiger partial charge is 0.385 e. The van der Waals surface area contributed by atoms with Crippen molar-refractivity contribution in [3.8, 4) is 5.69 Å². The van der Waals surface area contributed by atoms with Crippen molar-refractivity contribution in [2.24, 2.45) is 0 Å². The summed E-state index contributed by atoms with van der Waals surface area (Å²) < 4.78 is 15.1. The molecule has 0 saturated heterocycles. The number of hydrogen-bond donors (Lipinski definition) is 2. The van der Waals surface area contributed by atoms with E-state index in [4.69, 9.17) is 11.6 Å². The lowest BCUT2D eigenvalue weighted by Crippen LogP contribution is -2.29. The molecule has 5 nitrogen and oxygen atoms in total.